The number of carbonyl (C=O) groups is 1. The molecule has 3 N–H and O–H groups in total. The average molecular weight is 311 g/mol. The third-order valence-corrected chi connectivity index (χ3v) is 3.00. The Bertz CT molecular complexity index is 524. The van der Waals surface area contributed by atoms with Crippen molar-refractivity contribution in [2.24, 2.45) is 5.73 Å². The van der Waals surface area contributed by atoms with Gasteiger partial charge in [0, 0.05) is 12.5 Å². The molecule has 0 aromatic carbocycles. The van der Waals surface area contributed by atoms with Gasteiger partial charge in [0.05, 0.1) is 0 Å². The predicted molar refractivity (Wildman–Crippen MR) is 64.7 cm³/mol. The van der Waals surface area contributed by atoms with Crippen LogP contribution in [0.4, 0.5) is 13.2 Å². The predicted octanol–water partition coefficient (Wildman–Crippen LogP) is 1.09. The first-order valence-corrected chi connectivity index (χ1v) is 6.34. The summed E-state index contributed by atoms with van der Waals surface area (Å²) in [5.41, 5.74) is 5.52. The van der Waals surface area contributed by atoms with Crippen molar-refractivity contribution in [2.75, 3.05) is 6.54 Å². The van der Waals surface area contributed by atoms with Gasteiger partial charge in [-0.3, -0.25) is 9.09 Å². The maximum absolute atomic E-state index is 11.4. The van der Waals surface area contributed by atoms with E-state index in [9.17, 15) is 18.0 Å². The number of nitrogens with zero attached hydrogens (tertiary/aromatic N) is 2. The summed E-state index contributed by atoms with van der Waals surface area (Å²) in [7, 11) is 0. The largest absolute Gasteiger partial charge is 0.490 e. The third-order valence-electron chi connectivity index (χ3n) is 3.00. The van der Waals surface area contributed by atoms with Crippen LogP contribution in [-0.4, -0.2) is 33.5 Å². The van der Waals surface area contributed by atoms with Crippen LogP contribution in [0.25, 0.3) is 0 Å². The molecule has 1 aliphatic rings. The van der Waals surface area contributed by atoms with Crippen LogP contribution < -0.4 is 11.5 Å². The van der Waals surface area contributed by atoms with E-state index < -0.39 is 12.1 Å². The molecule has 0 fully saturated rings. The summed E-state index contributed by atoms with van der Waals surface area (Å²) < 4.78 is 38.1. The number of aryl methyl sites for hydroxylation is 1. The van der Waals surface area contributed by atoms with Crippen molar-refractivity contribution < 1.29 is 27.6 Å². The minimum atomic E-state index is -5.08. The molecule has 0 saturated heterocycles. The van der Waals surface area contributed by atoms with Crippen molar-refractivity contribution in [3.05, 3.63) is 16.4 Å². The third kappa shape index (κ3) is 4.88. The van der Waals surface area contributed by atoms with Crippen molar-refractivity contribution >= 4 is 5.97 Å². The van der Waals surface area contributed by atoms with E-state index in [0.717, 1.165) is 37.9 Å². The lowest BCUT2D eigenvalue weighted by atomic mass is 10.1. The molecule has 0 saturated carbocycles. The number of hydrogen-bond donors (Lipinski definition) is 2. The fourth-order valence-corrected chi connectivity index (χ4v) is 2.07. The second-order valence-electron chi connectivity index (χ2n) is 4.51. The summed E-state index contributed by atoms with van der Waals surface area (Å²) in [4.78, 5) is 20.3. The smallest absolute Gasteiger partial charge is 0.475 e. The highest BCUT2D eigenvalue weighted by Crippen LogP contribution is 2.23. The first-order chi connectivity index (χ1) is 9.77. The van der Waals surface area contributed by atoms with E-state index >= 15 is 0 Å². The molecule has 1 atom stereocenters. The number of alkyl halides is 3. The zero-order valence-electron chi connectivity index (χ0n) is 11.1. The van der Waals surface area contributed by atoms with Crippen LogP contribution in [0.2, 0.25) is 0 Å². The molecular weight excluding hydrogens is 295 g/mol. The molecule has 0 amide bonds. The molecule has 10 heteroatoms. The second kappa shape index (κ2) is 7.25. The van der Waals surface area contributed by atoms with Crippen LogP contribution in [0.15, 0.2) is 9.32 Å². The van der Waals surface area contributed by atoms with Gasteiger partial charge in [-0.15, -0.1) is 0 Å². The quantitative estimate of drug-likeness (QED) is 0.845. The molecule has 2 rings (SSSR count). The van der Waals surface area contributed by atoms with Gasteiger partial charge in [0.25, 0.3) is 0 Å². The minimum absolute atomic E-state index is 0.191. The van der Waals surface area contributed by atoms with E-state index in [1.54, 1.807) is 4.57 Å². The van der Waals surface area contributed by atoms with Gasteiger partial charge in [-0.1, -0.05) is 11.6 Å². The Kier molecular flexibility index (Phi) is 5.94. The summed E-state index contributed by atoms with van der Waals surface area (Å²) in [5, 5.41) is 10.9. The zero-order chi connectivity index (χ0) is 16.0. The number of halogens is 3. The van der Waals surface area contributed by atoms with Gasteiger partial charge < -0.3 is 10.8 Å². The molecule has 120 valence electrons. The van der Waals surface area contributed by atoms with Crippen LogP contribution in [0.5, 0.6) is 0 Å². The van der Waals surface area contributed by atoms with Crippen molar-refractivity contribution in [1.29, 1.82) is 0 Å². The lowest BCUT2D eigenvalue weighted by Crippen LogP contribution is -2.23. The summed E-state index contributed by atoms with van der Waals surface area (Å²) >= 11 is 0. The molecule has 1 aromatic heterocycles. The van der Waals surface area contributed by atoms with E-state index in [4.69, 9.17) is 15.6 Å². The van der Waals surface area contributed by atoms with Gasteiger partial charge in [0.15, 0.2) is 5.82 Å². The molecule has 2 heterocycles. The number of fused-ring (bicyclic) bond motifs is 1. The van der Waals surface area contributed by atoms with Crippen LogP contribution in [-0.2, 0) is 11.2 Å². The molecule has 0 radical (unpaired) electrons. The first-order valence-electron chi connectivity index (χ1n) is 6.34. The molecule has 0 spiro atoms. The number of rotatable bonds is 2. The van der Waals surface area contributed by atoms with E-state index in [1.165, 1.54) is 0 Å². The summed E-state index contributed by atoms with van der Waals surface area (Å²) in [6.45, 7) is 0.599. The van der Waals surface area contributed by atoms with E-state index in [-0.39, 0.29) is 11.8 Å². The van der Waals surface area contributed by atoms with Gasteiger partial charge in [-0.05, 0) is 25.8 Å². The maximum Gasteiger partial charge on any atom is 0.490 e. The lowest BCUT2D eigenvalue weighted by molar-refractivity contribution is -0.192. The molecule has 0 bridgehead atoms. The van der Waals surface area contributed by atoms with Gasteiger partial charge in [0.2, 0.25) is 0 Å². The molecular formula is C11H16F3N3O4. The van der Waals surface area contributed by atoms with E-state index in [2.05, 4.69) is 9.68 Å². The van der Waals surface area contributed by atoms with Crippen LogP contribution >= 0.6 is 0 Å². The molecule has 1 unspecified atom stereocenters. The Hall–Kier alpha value is -1.84. The molecule has 0 aliphatic carbocycles. The highest BCUT2D eigenvalue weighted by atomic mass is 19.4. The summed E-state index contributed by atoms with van der Waals surface area (Å²) in [6, 6.07) is 0.191. The Balaban J connectivity index is 0.000000270. The fraction of sp³-hybridized carbons (Fsp3) is 0.727. The highest BCUT2D eigenvalue weighted by molar-refractivity contribution is 5.73. The number of hydrogen-bond acceptors (Lipinski definition) is 5. The fourth-order valence-electron chi connectivity index (χ4n) is 2.07. The van der Waals surface area contributed by atoms with Gasteiger partial charge in [-0.2, -0.15) is 13.2 Å². The van der Waals surface area contributed by atoms with E-state index in [1.807, 2.05) is 0 Å². The number of carboxylic acids is 1. The Labute approximate surface area is 117 Å². The molecule has 7 nitrogen and oxygen atoms in total. The maximum atomic E-state index is 11.4. The van der Waals surface area contributed by atoms with Crippen molar-refractivity contribution in [3.8, 4) is 0 Å². The number of aliphatic carboxylic acids is 1. The van der Waals surface area contributed by atoms with Crippen molar-refractivity contribution in [2.45, 2.75) is 44.3 Å². The summed E-state index contributed by atoms with van der Waals surface area (Å²) in [5.74, 6) is -2.31. The zero-order valence-corrected chi connectivity index (χ0v) is 11.1. The van der Waals surface area contributed by atoms with Gasteiger partial charge >= 0.3 is 17.9 Å². The van der Waals surface area contributed by atoms with Crippen molar-refractivity contribution in [1.82, 2.24) is 9.72 Å². The minimum Gasteiger partial charge on any atom is -0.475 e. The normalized spacial score (nSPS) is 18.2. The standard InChI is InChI=1S/C9H15N3O2.C2HF3O2/c10-6-5-7-3-1-2-4-8-11-14-9(13)12(7)8;3-2(4,5)1(6)7/h7H,1-6,10H2;(H,6,7). The Morgan fingerprint density at radius 2 is 2.10 bits per heavy atom. The SMILES string of the molecule is NCCC1CCCCc2noc(=O)n21.O=C(O)C(F)(F)F. The average Bonchev–Trinajstić information content (AvgIpc) is 2.63. The lowest BCUT2D eigenvalue weighted by Gasteiger charge is -2.13. The first kappa shape index (κ1) is 17.2. The number of aromatic nitrogens is 2. The second-order valence-corrected chi connectivity index (χ2v) is 4.51. The van der Waals surface area contributed by atoms with Crippen LogP contribution in [0, 0.1) is 0 Å². The molecule has 21 heavy (non-hydrogen) atoms. The Morgan fingerprint density at radius 3 is 2.62 bits per heavy atom. The summed E-state index contributed by atoms with van der Waals surface area (Å²) in [6.07, 6.45) is -0.202. The highest BCUT2D eigenvalue weighted by Gasteiger charge is 2.38. The molecule has 1 aliphatic heterocycles. The monoisotopic (exact) mass is 311 g/mol. The Morgan fingerprint density at radius 1 is 1.48 bits per heavy atom. The van der Waals surface area contributed by atoms with Crippen LogP contribution in [0.3, 0.4) is 0 Å². The van der Waals surface area contributed by atoms with Gasteiger partial charge in [0.1, 0.15) is 0 Å². The molecule has 1 aromatic rings. The van der Waals surface area contributed by atoms with Gasteiger partial charge in [-0.25, -0.2) is 9.59 Å². The van der Waals surface area contributed by atoms with E-state index in [0.29, 0.717) is 6.54 Å². The topological polar surface area (TPSA) is 111 Å². The van der Waals surface area contributed by atoms with Crippen LogP contribution in [0.1, 0.15) is 37.5 Å². The number of nitrogens with two attached hydrogens (primary N) is 1. The van der Waals surface area contributed by atoms with Crippen molar-refractivity contribution in [3.63, 3.8) is 0 Å². The number of carboxylic acid groups (broad SMARTS) is 1.